The van der Waals surface area contributed by atoms with Gasteiger partial charge in [-0.1, -0.05) is 12.1 Å². The van der Waals surface area contributed by atoms with Gasteiger partial charge in [-0.25, -0.2) is 4.79 Å². The molecule has 0 aliphatic carbocycles. The van der Waals surface area contributed by atoms with E-state index in [0.717, 1.165) is 0 Å². The lowest BCUT2D eigenvalue weighted by molar-refractivity contribution is -0.143. The Kier molecular flexibility index (Phi) is 10.3. The lowest BCUT2D eigenvalue weighted by Crippen LogP contribution is -2.57. The van der Waals surface area contributed by atoms with Crippen LogP contribution in [0.2, 0.25) is 0 Å². The predicted molar refractivity (Wildman–Crippen MR) is 128 cm³/mol. The summed E-state index contributed by atoms with van der Waals surface area (Å²) in [6, 6.07) is 1.63. The normalized spacial score (nSPS) is 17.8. The number of primary amides is 1. The van der Waals surface area contributed by atoms with E-state index in [1.807, 2.05) is 0 Å². The molecule has 192 valence electrons. The number of carbonyl (C=O) groups excluding carboxylic acids is 4. The van der Waals surface area contributed by atoms with Crippen molar-refractivity contribution in [3.63, 3.8) is 0 Å². The van der Waals surface area contributed by atoms with Crippen molar-refractivity contribution in [3.8, 4) is 5.75 Å². The zero-order valence-electron chi connectivity index (χ0n) is 19.1. The molecule has 0 radical (unpaired) electrons. The molecule has 0 spiro atoms. The number of amides is 4. The number of nitrogens with zero attached hydrogens (tertiary/aromatic N) is 1. The Labute approximate surface area is 207 Å². The van der Waals surface area contributed by atoms with Crippen molar-refractivity contribution in [1.29, 1.82) is 0 Å². The maximum atomic E-state index is 13.1. The highest BCUT2D eigenvalue weighted by Crippen LogP contribution is 2.19. The maximum absolute atomic E-state index is 13.1. The van der Waals surface area contributed by atoms with Crippen LogP contribution >= 0.6 is 12.6 Å². The summed E-state index contributed by atoms with van der Waals surface area (Å²) in [5.74, 6) is -3.74. The van der Waals surface area contributed by atoms with Gasteiger partial charge in [0.25, 0.3) is 0 Å². The summed E-state index contributed by atoms with van der Waals surface area (Å²) >= 11 is 4.03. The second kappa shape index (κ2) is 13.0. The van der Waals surface area contributed by atoms with Crippen LogP contribution in [0.25, 0.3) is 0 Å². The van der Waals surface area contributed by atoms with Gasteiger partial charge in [-0.05, 0) is 37.0 Å². The number of hydrogen-bond acceptors (Lipinski definition) is 8. The smallest absolute Gasteiger partial charge is 0.326 e. The first-order chi connectivity index (χ1) is 16.5. The fraction of sp³-hybridized carbons (Fsp3) is 0.500. The van der Waals surface area contributed by atoms with Gasteiger partial charge in [0.2, 0.25) is 23.6 Å². The Hall–Kier alpha value is -3.32. The fourth-order valence-corrected chi connectivity index (χ4v) is 3.91. The van der Waals surface area contributed by atoms with Crippen molar-refractivity contribution in [3.05, 3.63) is 29.8 Å². The van der Waals surface area contributed by atoms with Crippen LogP contribution < -0.4 is 22.1 Å². The van der Waals surface area contributed by atoms with E-state index in [4.69, 9.17) is 11.5 Å². The lowest BCUT2D eigenvalue weighted by Gasteiger charge is -2.28. The standard InChI is InChI=1S/C22H31N5O7S/c23-14(11-35)21(32)27-9-1-2-17(27)20(31)26-16(10-12-3-5-13(28)6-4-12)19(30)25-15(22(33)34)7-8-18(24)29/h3-6,14-17,28,35H,1-2,7-11,23H2,(H2,24,29)(H,25,30)(H,26,31)(H,33,34). The van der Waals surface area contributed by atoms with E-state index in [0.29, 0.717) is 24.9 Å². The van der Waals surface area contributed by atoms with Crippen LogP contribution in [0.15, 0.2) is 24.3 Å². The molecule has 12 nitrogen and oxygen atoms in total. The molecule has 0 aromatic heterocycles. The van der Waals surface area contributed by atoms with Crippen LogP contribution in [0, 0.1) is 0 Å². The number of thiol groups is 1. The van der Waals surface area contributed by atoms with Gasteiger partial charge in [-0.2, -0.15) is 12.6 Å². The molecule has 2 rings (SSSR count). The Morgan fingerprint density at radius 3 is 2.34 bits per heavy atom. The van der Waals surface area contributed by atoms with E-state index in [9.17, 15) is 34.2 Å². The molecule has 13 heteroatoms. The molecule has 1 aromatic rings. The lowest BCUT2D eigenvalue weighted by atomic mass is 10.0. The van der Waals surface area contributed by atoms with Gasteiger partial charge in [0.15, 0.2) is 0 Å². The van der Waals surface area contributed by atoms with Crippen LogP contribution in [-0.2, 0) is 30.4 Å². The minimum absolute atomic E-state index is 0.0109. The van der Waals surface area contributed by atoms with Crippen LogP contribution in [0.5, 0.6) is 5.75 Å². The number of carboxylic acid groups (broad SMARTS) is 1. The second-order valence-electron chi connectivity index (χ2n) is 8.31. The van der Waals surface area contributed by atoms with Crippen molar-refractivity contribution >= 4 is 42.2 Å². The Balaban J connectivity index is 2.21. The highest BCUT2D eigenvalue weighted by Gasteiger charge is 2.37. The van der Waals surface area contributed by atoms with Crippen molar-refractivity contribution in [2.45, 2.75) is 56.3 Å². The van der Waals surface area contributed by atoms with Crippen molar-refractivity contribution in [1.82, 2.24) is 15.5 Å². The third kappa shape index (κ3) is 8.14. The molecule has 0 saturated carbocycles. The number of aromatic hydroxyl groups is 1. The molecule has 0 bridgehead atoms. The number of likely N-dealkylation sites (tertiary alicyclic amines) is 1. The first kappa shape index (κ1) is 27.9. The molecule has 35 heavy (non-hydrogen) atoms. The van der Waals surface area contributed by atoms with Gasteiger partial charge < -0.3 is 37.2 Å². The van der Waals surface area contributed by atoms with Crippen molar-refractivity contribution in [2.75, 3.05) is 12.3 Å². The van der Waals surface area contributed by atoms with Crippen molar-refractivity contribution in [2.24, 2.45) is 11.5 Å². The first-order valence-electron chi connectivity index (χ1n) is 11.1. The Bertz CT molecular complexity index is 943. The zero-order valence-corrected chi connectivity index (χ0v) is 19.9. The van der Waals surface area contributed by atoms with E-state index in [1.54, 1.807) is 12.1 Å². The number of benzene rings is 1. The van der Waals surface area contributed by atoms with Gasteiger partial charge in [0.1, 0.15) is 23.9 Å². The van der Waals surface area contributed by atoms with Crippen LogP contribution in [-0.4, -0.2) is 81.2 Å². The third-order valence-electron chi connectivity index (χ3n) is 5.66. The topological polar surface area (TPSA) is 205 Å². The minimum Gasteiger partial charge on any atom is -0.508 e. The first-order valence-corrected chi connectivity index (χ1v) is 11.7. The number of rotatable bonds is 12. The zero-order chi connectivity index (χ0) is 26.1. The Morgan fingerprint density at radius 1 is 1.11 bits per heavy atom. The summed E-state index contributed by atoms with van der Waals surface area (Å²) in [4.78, 5) is 62.7. The number of phenols is 1. The molecule has 1 fully saturated rings. The van der Waals surface area contributed by atoms with Crippen LogP contribution in [0.3, 0.4) is 0 Å². The number of carbonyl (C=O) groups is 5. The van der Waals surface area contributed by atoms with Gasteiger partial charge in [0.05, 0.1) is 6.04 Å². The largest absolute Gasteiger partial charge is 0.508 e. The third-order valence-corrected chi connectivity index (χ3v) is 6.05. The molecule has 4 amide bonds. The molecule has 4 atom stereocenters. The monoisotopic (exact) mass is 509 g/mol. The number of nitrogens with two attached hydrogens (primary N) is 2. The predicted octanol–water partition coefficient (Wildman–Crippen LogP) is -1.50. The second-order valence-corrected chi connectivity index (χ2v) is 8.68. The summed E-state index contributed by atoms with van der Waals surface area (Å²) in [6.45, 7) is 0.335. The average Bonchev–Trinajstić information content (AvgIpc) is 3.31. The molecular formula is C22H31N5O7S. The SMILES string of the molecule is NC(=O)CCC(NC(=O)C(Cc1ccc(O)cc1)NC(=O)C1CCCN1C(=O)C(N)CS)C(=O)O. The number of aliphatic carboxylic acids is 1. The Morgan fingerprint density at radius 2 is 1.77 bits per heavy atom. The number of nitrogens with one attached hydrogen (secondary N) is 2. The quantitative estimate of drug-likeness (QED) is 0.165. The minimum atomic E-state index is -1.40. The number of carboxylic acids is 1. The molecule has 1 saturated heterocycles. The summed E-state index contributed by atoms with van der Waals surface area (Å²) in [7, 11) is 0. The van der Waals surface area contributed by atoms with E-state index < -0.39 is 53.8 Å². The number of phenolic OH excluding ortho intramolecular Hbond substituents is 1. The molecule has 1 aliphatic heterocycles. The highest BCUT2D eigenvalue weighted by atomic mass is 32.1. The molecule has 1 aromatic carbocycles. The van der Waals surface area contributed by atoms with E-state index in [-0.39, 0.29) is 30.8 Å². The molecule has 1 aliphatic rings. The highest BCUT2D eigenvalue weighted by molar-refractivity contribution is 7.80. The molecular weight excluding hydrogens is 478 g/mol. The summed E-state index contributed by atoms with van der Waals surface area (Å²) in [6.07, 6.45) is 0.462. The fourth-order valence-electron chi connectivity index (χ4n) is 3.76. The summed E-state index contributed by atoms with van der Waals surface area (Å²) in [5, 5.41) is 23.9. The average molecular weight is 510 g/mol. The molecule has 8 N–H and O–H groups in total. The number of hydrogen-bond donors (Lipinski definition) is 7. The summed E-state index contributed by atoms with van der Waals surface area (Å²) < 4.78 is 0. The molecule has 1 heterocycles. The van der Waals surface area contributed by atoms with E-state index in [2.05, 4.69) is 23.3 Å². The van der Waals surface area contributed by atoms with Gasteiger partial charge >= 0.3 is 5.97 Å². The van der Waals surface area contributed by atoms with E-state index in [1.165, 1.54) is 17.0 Å². The van der Waals surface area contributed by atoms with Gasteiger partial charge in [0, 0.05) is 25.1 Å². The molecule has 4 unspecified atom stereocenters. The van der Waals surface area contributed by atoms with E-state index >= 15 is 0 Å². The van der Waals surface area contributed by atoms with Gasteiger partial charge in [-0.15, -0.1) is 0 Å². The summed E-state index contributed by atoms with van der Waals surface area (Å²) in [5.41, 5.74) is 11.5. The van der Waals surface area contributed by atoms with Crippen molar-refractivity contribution < 1.29 is 34.2 Å². The van der Waals surface area contributed by atoms with Gasteiger partial charge in [-0.3, -0.25) is 19.2 Å². The van der Waals surface area contributed by atoms with Crippen LogP contribution in [0.4, 0.5) is 0 Å². The maximum Gasteiger partial charge on any atom is 0.326 e. The van der Waals surface area contributed by atoms with Crippen LogP contribution in [0.1, 0.15) is 31.2 Å².